The molecule has 1 unspecified atom stereocenters. The van der Waals surface area contributed by atoms with E-state index in [9.17, 15) is 0 Å². The fraction of sp³-hybridized carbons (Fsp3) is 1.00. The topological polar surface area (TPSA) is 21.3 Å². The van der Waals surface area contributed by atoms with E-state index in [1.165, 1.54) is 51.4 Å². The van der Waals surface area contributed by atoms with Crippen molar-refractivity contribution in [2.24, 2.45) is 0 Å². The fourth-order valence-electron chi connectivity index (χ4n) is 2.03. The molecule has 17 heavy (non-hydrogen) atoms. The smallest absolute Gasteiger partial charge is 0.0671 e. The molecule has 0 saturated heterocycles. The highest BCUT2D eigenvalue weighted by Gasteiger charge is 1.98. The first-order valence-corrected chi connectivity index (χ1v) is 7.63. The molecule has 0 rings (SSSR count). The van der Waals surface area contributed by atoms with Crippen LogP contribution in [0.25, 0.3) is 0 Å². The molecule has 0 bridgehead atoms. The first kappa shape index (κ1) is 16.9. The summed E-state index contributed by atoms with van der Waals surface area (Å²) in [5.41, 5.74) is 0. The minimum Gasteiger partial charge on any atom is -0.377 e. The lowest BCUT2D eigenvalue weighted by Gasteiger charge is -2.12. The van der Waals surface area contributed by atoms with Gasteiger partial charge < -0.3 is 10.1 Å². The van der Waals surface area contributed by atoms with Crippen molar-refractivity contribution in [1.82, 2.24) is 5.32 Å². The number of hydrogen-bond donors (Lipinski definition) is 1. The van der Waals surface area contributed by atoms with Crippen LogP contribution in [0.4, 0.5) is 0 Å². The zero-order valence-electron chi connectivity index (χ0n) is 12.3. The molecule has 0 saturated carbocycles. The molecular weight excluding hydrogens is 210 g/mol. The summed E-state index contributed by atoms with van der Waals surface area (Å²) in [7, 11) is 0. The molecule has 2 heteroatoms. The van der Waals surface area contributed by atoms with Crippen LogP contribution in [0.15, 0.2) is 0 Å². The van der Waals surface area contributed by atoms with Crippen molar-refractivity contribution in [3.05, 3.63) is 0 Å². The Morgan fingerprint density at radius 1 is 0.882 bits per heavy atom. The Kier molecular flexibility index (Phi) is 13.9. The zero-order valence-corrected chi connectivity index (χ0v) is 12.3. The van der Waals surface area contributed by atoms with Gasteiger partial charge in [-0.1, -0.05) is 51.9 Å². The SMILES string of the molecule is CCCCCCCCCCNCC(C)OCC. The van der Waals surface area contributed by atoms with Crippen molar-refractivity contribution in [2.75, 3.05) is 19.7 Å². The summed E-state index contributed by atoms with van der Waals surface area (Å²) < 4.78 is 5.46. The third kappa shape index (κ3) is 13.9. The van der Waals surface area contributed by atoms with Crippen LogP contribution in [-0.4, -0.2) is 25.8 Å². The summed E-state index contributed by atoms with van der Waals surface area (Å²) in [6, 6.07) is 0. The molecule has 1 atom stereocenters. The van der Waals surface area contributed by atoms with Crippen LogP contribution < -0.4 is 5.32 Å². The average molecular weight is 243 g/mol. The molecule has 0 spiro atoms. The highest BCUT2D eigenvalue weighted by atomic mass is 16.5. The summed E-state index contributed by atoms with van der Waals surface area (Å²) in [6.45, 7) is 9.41. The lowest BCUT2D eigenvalue weighted by Crippen LogP contribution is -2.27. The van der Waals surface area contributed by atoms with Gasteiger partial charge in [-0.2, -0.15) is 0 Å². The zero-order chi connectivity index (χ0) is 12.8. The average Bonchev–Trinajstić information content (AvgIpc) is 2.32. The maximum Gasteiger partial charge on any atom is 0.0671 e. The van der Waals surface area contributed by atoms with Crippen molar-refractivity contribution in [3.8, 4) is 0 Å². The van der Waals surface area contributed by atoms with Gasteiger partial charge in [0.05, 0.1) is 6.10 Å². The lowest BCUT2D eigenvalue weighted by atomic mass is 10.1. The second kappa shape index (κ2) is 14.0. The summed E-state index contributed by atoms with van der Waals surface area (Å²) in [4.78, 5) is 0. The molecular formula is C15H33NO. The Morgan fingerprint density at radius 3 is 2.06 bits per heavy atom. The number of unbranched alkanes of at least 4 members (excludes halogenated alkanes) is 7. The molecule has 2 nitrogen and oxygen atoms in total. The molecule has 1 N–H and O–H groups in total. The lowest BCUT2D eigenvalue weighted by molar-refractivity contribution is 0.0762. The largest absolute Gasteiger partial charge is 0.377 e. The first-order chi connectivity index (χ1) is 8.31. The molecule has 0 aromatic rings. The Morgan fingerprint density at radius 2 is 1.47 bits per heavy atom. The van der Waals surface area contributed by atoms with E-state index >= 15 is 0 Å². The standard InChI is InChI=1S/C15H33NO/c1-4-6-7-8-9-10-11-12-13-16-14-15(3)17-5-2/h15-16H,4-14H2,1-3H3. The van der Waals surface area contributed by atoms with E-state index in [4.69, 9.17) is 4.74 Å². The molecule has 0 aliphatic heterocycles. The van der Waals surface area contributed by atoms with Crippen molar-refractivity contribution < 1.29 is 4.74 Å². The van der Waals surface area contributed by atoms with Gasteiger partial charge in [-0.05, 0) is 26.8 Å². The van der Waals surface area contributed by atoms with E-state index in [0.717, 1.165) is 19.7 Å². The van der Waals surface area contributed by atoms with Gasteiger partial charge in [0.1, 0.15) is 0 Å². The van der Waals surface area contributed by atoms with Gasteiger partial charge in [-0.3, -0.25) is 0 Å². The number of hydrogen-bond acceptors (Lipinski definition) is 2. The van der Waals surface area contributed by atoms with Crippen LogP contribution in [0.5, 0.6) is 0 Å². The minimum atomic E-state index is 0.356. The van der Waals surface area contributed by atoms with Crippen LogP contribution in [0.1, 0.15) is 72.1 Å². The van der Waals surface area contributed by atoms with Gasteiger partial charge in [0.25, 0.3) is 0 Å². The van der Waals surface area contributed by atoms with E-state index in [2.05, 4.69) is 26.1 Å². The van der Waals surface area contributed by atoms with Gasteiger partial charge in [-0.15, -0.1) is 0 Å². The van der Waals surface area contributed by atoms with Gasteiger partial charge in [0.2, 0.25) is 0 Å². The fourth-order valence-corrected chi connectivity index (χ4v) is 2.03. The van der Waals surface area contributed by atoms with E-state index in [1.807, 2.05) is 0 Å². The van der Waals surface area contributed by atoms with Gasteiger partial charge >= 0.3 is 0 Å². The first-order valence-electron chi connectivity index (χ1n) is 7.63. The molecule has 0 heterocycles. The number of rotatable bonds is 13. The molecule has 0 radical (unpaired) electrons. The third-order valence-corrected chi connectivity index (χ3v) is 3.09. The Hall–Kier alpha value is -0.0800. The van der Waals surface area contributed by atoms with Crippen molar-refractivity contribution in [3.63, 3.8) is 0 Å². The van der Waals surface area contributed by atoms with Gasteiger partial charge in [0, 0.05) is 13.2 Å². The van der Waals surface area contributed by atoms with E-state index in [-0.39, 0.29) is 0 Å². The second-order valence-electron chi connectivity index (χ2n) is 4.94. The predicted molar refractivity (Wildman–Crippen MR) is 76.6 cm³/mol. The second-order valence-corrected chi connectivity index (χ2v) is 4.94. The number of ether oxygens (including phenoxy) is 1. The molecule has 0 aromatic carbocycles. The van der Waals surface area contributed by atoms with Crippen LogP contribution in [0.2, 0.25) is 0 Å². The minimum absolute atomic E-state index is 0.356. The monoisotopic (exact) mass is 243 g/mol. The van der Waals surface area contributed by atoms with Gasteiger partial charge in [-0.25, -0.2) is 0 Å². The van der Waals surface area contributed by atoms with E-state index in [1.54, 1.807) is 0 Å². The van der Waals surface area contributed by atoms with Crippen LogP contribution >= 0.6 is 0 Å². The molecule has 0 amide bonds. The Bertz CT molecular complexity index is 139. The molecule has 0 fully saturated rings. The van der Waals surface area contributed by atoms with Gasteiger partial charge in [0.15, 0.2) is 0 Å². The predicted octanol–water partition coefficient (Wildman–Crippen LogP) is 4.14. The maximum atomic E-state index is 5.46. The van der Waals surface area contributed by atoms with Crippen LogP contribution in [0.3, 0.4) is 0 Å². The molecule has 104 valence electrons. The number of nitrogens with one attached hydrogen (secondary N) is 1. The summed E-state index contributed by atoms with van der Waals surface area (Å²) >= 11 is 0. The van der Waals surface area contributed by atoms with Crippen LogP contribution in [-0.2, 0) is 4.74 Å². The Labute approximate surface area is 109 Å². The van der Waals surface area contributed by atoms with E-state index < -0.39 is 0 Å². The van der Waals surface area contributed by atoms with Crippen molar-refractivity contribution >= 4 is 0 Å². The van der Waals surface area contributed by atoms with Crippen molar-refractivity contribution in [1.29, 1.82) is 0 Å². The summed E-state index contributed by atoms with van der Waals surface area (Å²) in [5, 5.41) is 3.46. The molecule has 0 aliphatic rings. The van der Waals surface area contributed by atoms with Crippen LogP contribution in [0, 0.1) is 0 Å². The molecule has 0 aromatic heterocycles. The third-order valence-electron chi connectivity index (χ3n) is 3.09. The highest BCUT2D eigenvalue weighted by molar-refractivity contribution is 4.55. The normalized spacial score (nSPS) is 12.9. The van der Waals surface area contributed by atoms with E-state index in [0.29, 0.717) is 6.10 Å². The summed E-state index contributed by atoms with van der Waals surface area (Å²) in [6.07, 6.45) is 11.5. The quantitative estimate of drug-likeness (QED) is 0.491. The highest BCUT2D eigenvalue weighted by Crippen LogP contribution is 2.07. The maximum absolute atomic E-state index is 5.46. The summed E-state index contributed by atoms with van der Waals surface area (Å²) in [5.74, 6) is 0. The van der Waals surface area contributed by atoms with Crippen molar-refractivity contribution in [2.45, 2.75) is 78.2 Å². The Balaban J connectivity index is 2.98. The molecule has 0 aliphatic carbocycles.